The van der Waals surface area contributed by atoms with Gasteiger partial charge in [0.1, 0.15) is 36.3 Å². The maximum atomic E-state index is 11.9. The van der Waals surface area contributed by atoms with Crippen LogP contribution >= 0.6 is 11.3 Å². The summed E-state index contributed by atoms with van der Waals surface area (Å²) < 4.78 is 70.6. The quantitative estimate of drug-likeness (QED) is 0.170. The molecular formula is C21H12N4Na2O6S3. The van der Waals surface area contributed by atoms with Gasteiger partial charge in [0.15, 0.2) is 0 Å². The molecule has 36 heavy (non-hydrogen) atoms. The summed E-state index contributed by atoms with van der Waals surface area (Å²) in [5, 5.41) is 17.5. The third-order valence-corrected chi connectivity index (χ3v) is 7.46. The van der Waals surface area contributed by atoms with Crippen LogP contribution in [0.3, 0.4) is 0 Å². The van der Waals surface area contributed by atoms with Crippen LogP contribution in [-0.4, -0.2) is 25.9 Å². The Hall–Kier alpha value is -1.67. The number of nitriles is 1. The average Bonchev–Trinajstić information content (AvgIpc) is 3.11. The zero-order valence-corrected chi connectivity index (χ0v) is 25.3. The topological polar surface area (TPSA) is 189 Å². The molecule has 1 aromatic heterocycles. The third-order valence-electron chi connectivity index (χ3n) is 4.79. The Balaban J connectivity index is 0.00000228. The SMILES string of the molecule is N#Cc1c(N)sc(N=Nc2cc(S(=O)(=O)[O-])c3cccc(S(=O)(=O)[O-])c3c2)c1-c1ccccc1.[Na+].[Na+]. The molecule has 3 aromatic carbocycles. The number of fused-ring (bicyclic) bond motifs is 1. The van der Waals surface area contributed by atoms with Gasteiger partial charge in [-0.05, 0) is 23.8 Å². The van der Waals surface area contributed by atoms with Gasteiger partial charge in [-0.3, -0.25) is 0 Å². The molecule has 10 nitrogen and oxygen atoms in total. The molecule has 0 unspecified atom stereocenters. The molecule has 4 rings (SSSR count). The van der Waals surface area contributed by atoms with Crippen molar-refractivity contribution >= 4 is 58.0 Å². The van der Waals surface area contributed by atoms with E-state index in [0.29, 0.717) is 11.1 Å². The molecule has 0 aliphatic carbocycles. The molecule has 0 bridgehead atoms. The first kappa shape index (κ1) is 30.6. The smallest absolute Gasteiger partial charge is 0.744 e. The minimum absolute atomic E-state index is 0. The minimum Gasteiger partial charge on any atom is -0.744 e. The number of nitrogen functional groups attached to an aromatic ring is 1. The summed E-state index contributed by atoms with van der Waals surface area (Å²) in [6.45, 7) is 0. The van der Waals surface area contributed by atoms with E-state index < -0.39 is 30.0 Å². The van der Waals surface area contributed by atoms with Crippen molar-refractivity contribution in [1.29, 1.82) is 5.26 Å². The van der Waals surface area contributed by atoms with Gasteiger partial charge in [-0.15, -0.1) is 10.2 Å². The van der Waals surface area contributed by atoms with Crippen LogP contribution in [0.25, 0.3) is 21.9 Å². The molecule has 4 aromatic rings. The van der Waals surface area contributed by atoms with Crippen molar-refractivity contribution in [2.24, 2.45) is 10.2 Å². The van der Waals surface area contributed by atoms with Crippen LogP contribution in [-0.2, 0) is 20.2 Å². The number of anilines is 1. The Morgan fingerprint density at radius 1 is 0.833 bits per heavy atom. The second-order valence-electron chi connectivity index (χ2n) is 6.90. The zero-order valence-electron chi connectivity index (χ0n) is 18.9. The van der Waals surface area contributed by atoms with Gasteiger partial charge in [-0.1, -0.05) is 53.8 Å². The molecule has 2 N–H and O–H groups in total. The first-order valence-corrected chi connectivity index (χ1v) is 12.9. The summed E-state index contributed by atoms with van der Waals surface area (Å²) in [5.41, 5.74) is 7.00. The van der Waals surface area contributed by atoms with Gasteiger partial charge < -0.3 is 14.8 Å². The zero-order chi connectivity index (χ0) is 24.7. The Labute approximate surface area is 254 Å². The van der Waals surface area contributed by atoms with Crippen molar-refractivity contribution in [2.75, 3.05) is 5.73 Å². The van der Waals surface area contributed by atoms with E-state index in [-0.39, 0.29) is 91.1 Å². The van der Waals surface area contributed by atoms with E-state index >= 15 is 0 Å². The summed E-state index contributed by atoms with van der Waals surface area (Å²) >= 11 is 0.969. The van der Waals surface area contributed by atoms with E-state index in [2.05, 4.69) is 10.2 Å². The molecule has 0 atom stereocenters. The minimum atomic E-state index is -5.06. The normalized spacial score (nSPS) is 11.6. The Kier molecular flexibility index (Phi) is 10.0. The molecule has 0 radical (unpaired) electrons. The van der Waals surface area contributed by atoms with Crippen molar-refractivity contribution in [3.63, 3.8) is 0 Å². The van der Waals surface area contributed by atoms with Crippen LogP contribution in [0.5, 0.6) is 0 Å². The van der Waals surface area contributed by atoms with E-state index in [1.807, 2.05) is 6.07 Å². The van der Waals surface area contributed by atoms with Crippen molar-refractivity contribution in [3.05, 3.63) is 66.2 Å². The van der Waals surface area contributed by atoms with Crippen molar-refractivity contribution < 1.29 is 85.1 Å². The van der Waals surface area contributed by atoms with Crippen molar-refractivity contribution in [2.45, 2.75) is 9.79 Å². The van der Waals surface area contributed by atoms with E-state index in [0.717, 1.165) is 35.6 Å². The predicted octanol–water partition coefficient (Wildman–Crippen LogP) is -1.75. The Morgan fingerprint density at radius 2 is 1.47 bits per heavy atom. The molecule has 0 amide bonds. The van der Waals surface area contributed by atoms with Gasteiger partial charge in [0, 0.05) is 16.3 Å². The first-order valence-electron chi connectivity index (χ1n) is 9.29. The van der Waals surface area contributed by atoms with Gasteiger partial charge in [0.05, 0.1) is 21.0 Å². The molecule has 172 valence electrons. The number of nitrogens with zero attached hydrogens (tertiary/aromatic N) is 3. The van der Waals surface area contributed by atoms with Crippen LogP contribution in [0.1, 0.15) is 5.56 Å². The Morgan fingerprint density at radius 3 is 2.06 bits per heavy atom. The van der Waals surface area contributed by atoms with Crippen molar-refractivity contribution in [3.8, 4) is 17.2 Å². The number of benzene rings is 3. The average molecular weight is 559 g/mol. The molecule has 0 saturated heterocycles. The maximum Gasteiger partial charge on any atom is 1.00 e. The van der Waals surface area contributed by atoms with Crippen LogP contribution in [0, 0.1) is 11.3 Å². The number of hydrogen-bond acceptors (Lipinski definition) is 11. The van der Waals surface area contributed by atoms with Gasteiger partial charge in [0.25, 0.3) is 0 Å². The summed E-state index contributed by atoms with van der Waals surface area (Å²) in [4.78, 5) is -1.46. The molecule has 1 heterocycles. The van der Waals surface area contributed by atoms with E-state index in [1.165, 1.54) is 6.07 Å². The largest absolute Gasteiger partial charge is 1.00 e. The van der Waals surface area contributed by atoms with Gasteiger partial charge in [-0.25, -0.2) is 16.8 Å². The van der Waals surface area contributed by atoms with Crippen LogP contribution in [0.2, 0.25) is 0 Å². The number of azo groups is 1. The number of thiophene rings is 1. The fourth-order valence-corrected chi connectivity index (χ4v) is 5.64. The molecule has 15 heteroatoms. The number of nitrogens with two attached hydrogens (primary N) is 1. The molecule has 0 aliphatic rings. The molecular weight excluding hydrogens is 546 g/mol. The van der Waals surface area contributed by atoms with Gasteiger partial charge >= 0.3 is 59.1 Å². The molecule has 0 saturated carbocycles. The van der Waals surface area contributed by atoms with Crippen molar-refractivity contribution in [1.82, 2.24) is 0 Å². The van der Waals surface area contributed by atoms with Gasteiger partial charge in [0.2, 0.25) is 0 Å². The van der Waals surface area contributed by atoms with Crippen LogP contribution in [0.4, 0.5) is 15.7 Å². The number of hydrogen-bond donors (Lipinski definition) is 1. The standard InChI is InChI=1S/C21H14N4O6S3.2Na/c22-11-16-19(12-5-2-1-3-6-12)21(32-20(16)23)25-24-13-9-15-14(18(10-13)34(29,30)31)7-4-8-17(15)33(26,27)28;;/h1-10H,23H2,(H,26,27,28)(H,29,30,31);;/q;2*+1/p-2. The second kappa shape index (κ2) is 11.8. The fourth-order valence-electron chi connectivity index (χ4n) is 3.39. The van der Waals surface area contributed by atoms with Gasteiger partial charge in [-0.2, -0.15) is 5.26 Å². The monoisotopic (exact) mass is 558 g/mol. The molecule has 0 fully saturated rings. The third kappa shape index (κ3) is 6.24. The maximum absolute atomic E-state index is 11.9. The summed E-state index contributed by atoms with van der Waals surface area (Å²) in [6, 6.07) is 16.2. The number of rotatable bonds is 5. The summed E-state index contributed by atoms with van der Waals surface area (Å²) in [6.07, 6.45) is 0. The van der Waals surface area contributed by atoms with E-state index in [4.69, 9.17) is 5.73 Å². The Bertz CT molecular complexity index is 1730. The van der Waals surface area contributed by atoms with E-state index in [1.54, 1.807) is 30.3 Å². The van der Waals surface area contributed by atoms with Crippen LogP contribution < -0.4 is 64.8 Å². The second-order valence-corrected chi connectivity index (χ2v) is 10.6. The van der Waals surface area contributed by atoms with Crippen LogP contribution in [0.15, 0.2) is 80.7 Å². The fraction of sp³-hybridized carbons (Fsp3) is 0. The first-order chi connectivity index (χ1) is 16.0. The summed E-state index contributed by atoms with van der Waals surface area (Å²) in [5.74, 6) is 0. The van der Waals surface area contributed by atoms with E-state index in [9.17, 15) is 31.2 Å². The molecule has 0 spiro atoms. The predicted molar refractivity (Wildman–Crippen MR) is 123 cm³/mol. The molecule has 0 aliphatic heterocycles. The summed E-state index contributed by atoms with van der Waals surface area (Å²) in [7, 11) is -10.1.